The van der Waals surface area contributed by atoms with Crippen LogP contribution in [0.5, 0.6) is 0 Å². The van der Waals surface area contributed by atoms with Crippen molar-refractivity contribution in [2.45, 2.75) is 6.54 Å². The number of rotatable bonds is 7. The van der Waals surface area contributed by atoms with E-state index in [0.29, 0.717) is 25.2 Å². The summed E-state index contributed by atoms with van der Waals surface area (Å²) in [6.45, 7) is 1.53. The normalized spacial score (nSPS) is 10.7. The molecule has 0 bridgehead atoms. The number of nitrogens with zero attached hydrogens (tertiary/aromatic N) is 1. The Morgan fingerprint density at radius 2 is 1.55 bits per heavy atom. The number of hydrogen-bond donors (Lipinski definition) is 1. The van der Waals surface area contributed by atoms with Crippen LogP contribution in [-0.2, 0) is 6.54 Å². The van der Waals surface area contributed by atoms with E-state index in [1.807, 2.05) is 65.6 Å². The molecule has 0 aromatic heterocycles. The van der Waals surface area contributed by atoms with E-state index >= 15 is 0 Å². The molecule has 0 unspecified atom stereocenters. The third-order valence-corrected chi connectivity index (χ3v) is 3.13. The van der Waals surface area contributed by atoms with Gasteiger partial charge in [-0.3, -0.25) is 9.69 Å². The van der Waals surface area contributed by atoms with Crippen molar-refractivity contribution in [1.29, 1.82) is 0 Å². The summed E-state index contributed by atoms with van der Waals surface area (Å²) in [4.78, 5) is 14.2. The van der Waals surface area contributed by atoms with Crippen molar-refractivity contribution in [3.63, 3.8) is 0 Å². The first-order valence-corrected chi connectivity index (χ1v) is 6.75. The molecular weight excluding hydrogens is 250 g/mol. The molecule has 0 atom stereocenters. The molecule has 0 spiro atoms. The smallest absolute Gasteiger partial charge is 0.176 e. The Morgan fingerprint density at radius 3 is 2.15 bits per heavy atom. The van der Waals surface area contributed by atoms with E-state index in [1.165, 1.54) is 0 Å². The van der Waals surface area contributed by atoms with E-state index in [1.54, 1.807) is 0 Å². The van der Waals surface area contributed by atoms with E-state index < -0.39 is 0 Å². The zero-order valence-corrected chi connectivity index (χ0v) is 11.4. The number of aliphatic hydroxyl groups is 1. The minimum Gasteiger partial charge on any atom is -0.395 e. The summed E-state index contributed by atoms with van der Waals surface area (Å²) in [5, 5.41) is 9.15. The molecule has 2 aromatic rings. The molecule has 20 heavy (non-hydrogen) atoms. The molecular formula is C17H19NO2. The van der Waals surface area contributed by atoms with Crippen LogP contribution >= 0.6 is 0 Å². The van der Waals surface area contributed by atoms with Crippen LogP contribution in [0.4, 0.5) is 0 Å². The summed E-state index contributed by atoms with van der Waals surface area (Å²) in [5.74, 6) is 0.0787. The highest BCUT2D eigenvalue weighted by molar-refractivity contribution is 5.97. The van der Waals surface area contributed by atoms with Crippen LogP contribution in [0.25, 0.3) is 0 Å². The maximum atomic E-state index is 12.2. The maximum Gasteiger partial charge on any atom is 0.176 e. The van der Waals surface area contributed by atoms with Gasteiger partial charge < -0.3 is 5.11 Å². The monoisotopic (exact) mass is 269 g/mol. The van der Waals surface area contributed by atoms with Crippen molar-refractivity contribution in [3.05, 3.63) is 71.8 Å². The minimum atomic E-state index is 0.0505. The number of hydrogen-bond acceptors (Lipinski definition) is 3. The third kappa shape index (κ3) is 4.30. The van der Waals surface area contributed by atoms with Gasteiger partial charge in [-0.25, -0.2) is 0 Å². The van der Waals surface area contributed by atoms with Crippen molar-refractivity contribution in [2.24, 2.45) is 0 Å². The molecule has 0 saturated carbocycles. The number of benzene rings is 2. The van der Waals surface area contributed by atoms with E-state index in [9.17, 15) is 4.79 Å². The van der Waals surface area contributed by atoms with Gasteiger partial charge in [-0.1, -0.05) is 60.7 Å². The second kappa shape index (κ2) is 7.58. The molecule has 2 aromatic carbocycles. The van der Waals surface area contributed by atoms with Gasteiger partial charge in [-0.15, -0.1) is 0 Å². The summed E-state index contributed by atoms with van der Waals surface area (Å²) < 4.78 is 0. The van der Waals surface area contributed by atoms with E-state index in [0.717, 1.165) is 5.56 Å². The summed E-state index contributed by atoms with van der Waals surface area (Å²) in [7, 11) is 0. The van der Waals surface area contributed by atoms with Gasteiger partial charge in [-0.05, 0) is 5.56 Å². The molecule has 3 heteroatoms. The fraction of sp³-hybridized carbons (Fsp3) is 0.235. The highest BCUT2D eigenvalue weighted by Gasteiger charge is 2.12. The van der Waals surface area contributed by atoms with Gasteiger partial charge in [0.1, 0.15) is 0 Å². The fourth-order valence-corrected chi connectivity index (χ4v) is 2.12. The first-order chi connectivity index (χ1) is 9.79. The number of carbonyl (C=O) groups is 1. The lowest BCUT2D eigenvalue weighted by molar-refractivity contribution is 0.0908. The highest BCUT2D eigenvalue weighted by Crippen LogP contribution is 2.07. The Balaban J connectivity index is 2.00. The van der Waals surface area contributed by atoms with Crippen LogP contribution in [0.2, 0.25) is 0 Å². The van der Waals surface area contributed by atoms with Crippen LogP contribution in [0, 0.1) is 0 Å². The van der Waals surface area contributed by atoms with Crippen molar-refractivity contribution in [2.75, 3.05) is 19.7 Å². The van der Waals surface area contributed by atoms with E-state index in [2.05, 4.69) is 0 Å². The molecule has 0 radical (unpaired) electrons. The second-order valence-corrected chi connectivity index (χ2v) is 4.71. The minimum absolute atomic E-state index is 0.0505. The molecule has 0 aliphatic heterocycles. The fourth-order valence-electron chi connectivity index (χ4n) is 2.12. The first-order valence-electron chi connectivity index (χ1n) is 6.75. The Bertz CT molecular complexity index is 525. The van der Waals surface area contributed by atoms with Gasteiger partial charge in [0.25, 0.3) is 0 Å². The summed E-state index contributed by atoms with van der Waals surface area (Å²) in [6.07, 6.45) is 0. The molecule has 0 saturated heterocycles. The molecule has 3 nitrogen and oxygen atoms in total. The Kier molecular flexibility index (Phi) is 5.47. The second-order valence-electron chi connectivity index (χ2n) is 4.71. The largest absolute Gasteiger partial charge is 0.395 e. The summed E-state index contributed by atoms with van der Waals surface area (Å²) in [5.41, 5.74) is 1.85. The van der Waals surface area contributed by atoms with Gasteiger partial charge in [0, 0.05) is 18.7 Å². The summed E-state index contributed by atoms with van der Waals surface area (Å²) >= 11 is 0. The molecule has 0 aliphatic rings. The zero-order chi connectivity index (χ0) is 14.2. The van der Waals surface area contributed by atoms with Crippen LogP contribution in [0.1, 0.15) is 15.9 Å². The van der Waals surface area contributed by atoms with Gasteiger partial charge in [0.2, 0.25) is 0 Å². The predicted molar refractivity (Wildman–Crippen MR) is 79.6 cm³/mol. The topological polar surface area (TPSA) is 40.5 Å². The zero-order valence-electron chi connectivity index (χ0n) is 11.4. The average Bonchev–Trinajstić information content (AvgIpc) is 2.49. The molecule has 1 N–H and O–H groups in total. The van der Waals surface area contributed by atoms with Gasteiger partial charge in [0.05, 0.1) is 13.2 Å². The van der Waals surface area contributed by atoms with Crippen LogP contribution in [0.3, 0.4) is 0 Å². The number of ketones is 1. The lowest BCUT2D eigenvalue weighted by Crippen LogP contribution is -2.32. The molecule has 0 aliphatic carbocycles. The maximum absolute atomic E-state index is 12.2. The highest BCUT2D eigenvalue weighted by atomic mass is 16.3. The Hall–Kier alpha value is -1.97. The van der Waals surface area contributed by atoms with Crippen LogP contribution in [-0.4, -0.2) is 35.5 Å². The predicted octanol–water partition coefficient (Wildman–Crippen LogP) is 2.36. The standard InChI is InChI=1S/C17H19NO2/c19-12-11-18(13-15-7-3-1-4-8-15)14-17(20)16-9-5-2-6-10-16/h1-10,19H,11-14H2. The first kappa shape index (κ1) is 14.4. The Morgan fingerprint density at radius 1 is 0.950 bits per heavy atom. The van der Waals surface area contributed by atoms with Gasteiger partial charge in [-0.2, -0.15) is 0 Å². The van der Waals surface area contributed by atoms with Crippen molar-refractivity contribution in [1.82, 2.24) is 4.90 Å². The van der Waals surface area contributed by atoms with Crippen molar-refractivity contribution < 1.29 is 9.90 Å². The quantitative estimate of drug-likeness (QED) is 0.784. The lowest BCUT2D eigenvalue weighted by Gasteiger charge is -2.20. The molecule has 2 rings (SSSR count). The molecule has 104 valence electrons. The number of Topliss-reactive ketones (excluding diaryl/α,β-unsaturated/α-hetero) is 1. The molecule has 0 heterocycles. The number of aliphatic hydroxyl groups excluding tert-OH is 1. The SMILES string of the molecule is O=C(CN(CCO)Cc1ccccc1)c1ccccc1. The molecule has 0 amide bonds. The van der Waals surface area contributed by atoms with Crippen LogP contribution < -0.4 is 0 Å². The van der Waals surface area contributed by atoms with E-state index in [-0.39, 0.29) is 12.4 Å². The lowest BCUT2D eigenvalue weighted by atomic mass is 10.1. The number of carbonyl (C=O) groups excluding carboxylic acids is 1. The summed E-state index contributed by atoms with van der Waals surface area (Å²) in [6, 6.07) is 19.2. The Labute approximate surface area is 119 Å². The van der Waals surface area contributed by atoms with Crippen molar-refractivity contribution >= 4 is 5.78 Å². The van der Waals surface area contributed by atoms with Gasteiger partial charge in [0.15, 0.2) is 5.78 Å². The van der Waals surface area contributed by atoms with Crippen LogP contribution in [0.15, 0.2) is 60.7 Å². The van der Waals surface area contributed by atoms with Crippen molar-refractivity contribution in [3.8, 4) is 0 Å². The molecule has 0 fully saturated rings. The average molecular weight is 269 g/mol. The third-order valence-electron chi connectivity index (χ3n) is 3.13. The van der Waals surface area contributed by atoms with Gasteiger partial charge >= 0.3 is 0 Å². The van der Waals surface area contributed by atoms with E-state index in [4.69, 9.17) is 5.11 Å².